The van der Waals surface area contributed by atoms with Gasteiger partial charge in [0.05, 0.1) is 0 Å². The summed E-state index contributed by atoms with van der Waals surface area (Å²) in [7, 11) is 0. The van der Waals surface area contributed by atoms with Crippen molar-refractivity contribution in [2.45, 2.75) is 26.2 Å². The molecule has 1 heteroatoms. The zero-order valence-electron chi connectivity index (χ0n) is 7.79. The van der Waals surface area contributed by atoms with Gasteiger partial charge in [0.25, 0.3) is 0 Å². The third-order valence-electron chi connectivity index (χ3n) is 2.81. The molecule has 1 rings (SSSR count). The second-order valence-corrected chi connectivity index (χ2v) is 3.43. The van der Waals surface area contributed by atoms with E-state index in [1.54, 1.807) is 6.20 Å². The highest BCUT2D eigenvalue weighted by atomic mass is 14.6. The van der Waals surface area contributed by atoms with E-state index in [1.165, 1.54) is 24.8 Å². The maximum absolute atomic E-state index is 4.04. The molecule has 1 aliphatic carbocycles. The van der Waals surface area contributed by atoms with Crippen molar-refractivity contribution in [1.82, 2.24) is 0 Å². The van der Waals surface area contributed by atoms with E-state index in [0.717, 1.165) is 5.92 Å². The molecule has 1 fully saturated rings. The zero-order valence-corrected chi connectivity index (χ0v) is 7.79. The van der Waals surface area contributed by atoms with E-state index in [2.05, 4.69) is 25.2 Å². The van der Waals surface area contributed by atoms with Gasteiger partial charge in [0.1, 0.15) is 0 Å². The molecule has 0 heterocycles. The molecule has 2 atom stereocenters. The van der Waals surface area contributed by atoms with Gasteiger partial charge in [-0.25, -0.2) is 0 Å². The second kappa shape index (κ2) is 4.24. The average molecular weight is 163 g/mol. The van der Waals surface area contributed by atoms with Crippen molar-refractivity contribution >= 4 is 6.72 Å². The van der Waals surface area contributed by atoms with Crippen LogP contribution in [0.5, 0.6) is 0 Å². The number of allylic oxidation sites excluding steroid dienone is 2. The summed E-state index contributed by atoms with van der Waals surface area (Å²) < 4.78 is 0. The van der Waals surface area contributed by atoms with Crippen molar-refractivity contribution in [1.29, 1.82) is 0 Å². The minimum absolute atomic E-state index is 0.716. The molecule has 12 heavy (non-hydrogen) atoms. The average Bonchev–Trinajstić information content (AvgIpc) is 2.00. The van der Waals surface area contributed by atoms with Crippen molar-refractivity contribution in [3.8, 4) is 0 Å². The van der Waals surface area contributed by atoms with Crippen LogP contribution in [0.25, 0.3) is 0 Å². The van der Waals surface area contributed by atoms with Crippen molar-refractivity contribution in [3.63, 3.8) is 0 Å². The molecule has 0 spiro atoms. The molecule has 0 bridgehead atoms. The van der Waals surface area contributed by atoms with Crippen LogP contribution in [0, 0.1) is 11.8 Å². The van der Waals surface area contributed by atoms with Gasteiger partial charge < -0.3 is 0 Å². The Hall–Kier alpha value is -0.850. The topological polar surface area (TPSA) is 12.4 Å². The van der Waals surface area contributed by atoms with E-state index < -0.39 is 0 Å². The lowest BCUT2D eigenvalue weighted by Gasteiger charge is -2.36. The summed E-state index contributed by atoms with van der Waals surface area (Å²) in [4.78, 5) is 3.68. The van der Waals surface area contributed by atoms with Gasteiger partial charge in [0.2, 0.25) is 0 Å². The normalized spacial score (nSPS) is 28.4. The minimum Gasteiger partial charge on any atom is -0.273 e. The summed E-state index contributed by atoms with van der Waals surface area (Å²) in [5.41, 5.74) is 1.22. The highest BCUT2D eigenvalue weighted by Crippen LogP contribution is 2.41. The van der Waals surface area contributed by atoms with Crippen LogP contribution >= 0.6 is 0 Å². The fourth-order valence-corrected chi connectivity index (χ4v) is 1.82. The maximum atomic E-state index is 4.04. The fraction of sp³-hybridized carbons (Fsp3) is 0.545. The molecule has 0 amide bonds. The van der Waals surface area contributed by atoms with Crippen molar-refractivity contribution < 1.29 is 0 Å². The first-order valence-corrected chi connectivity index (χ1v) is 4.60. The first-order chi connectivity index (χ1) is 5.79. The first-order valence-electron chi connectivity index (χ1n) is 4.60. The SMILES string of the molecule is C=NC=CC(=C)C1CCC1CC. The molecule has 1 aliphatic rings. The quantitative estimate of drug-likeness (QED) is 0.446. The number of aliphatic imine (C=N–C) groups is 1. The van der Waals surface area contributed by atoms with Crippen LogP contribution in [-0.2, 0) is 0 Å². The molecule has 2 unspecified atom stereocenters. The summed E-state index contributed by atoms with van der Waals surface area (Å²) >= 11 is 0. The third-order valence-corrected chi connectivity index (χ3v) is 2.81. The molecule has 0 N–H and O–H groups in total. The highest BCUT2D eigenvalue weighted by Gasteiger charge is 2.29. The van der Waals surface area contributed by atoms with Crippen molar-refractivity contribution in [2.24, 2.45) is 16.8 Å². The molecule has 1 nitrogen and oxygen atoms in total. The Labute approximate surface area is 74.9 Å². The molecular formula is C11H17N. The van der Waals surface area contributed by atoms with E-state index in [4.69, 9.17) is 0 Å². The predicted molar refractivity (Wildman–Crippen MR) is 54.3 cm³/mol. The number of nitrogens with zero attached hydrogens (tertiary/aromatic N) is 1. The number of hydrogen-bond donors (Lipinski definition) is 0. The van der Waals surface area contributed by atoms with Gasteiger partial charge in [-0.3, -0.25) is 4.99 Å². The summed E-state index contributed by atoms with van der Waals surface area (Å²) in [6, 6.07) is 0. The smallest absolute Gasteiger partial charge is 0.0263 e. The van der Waals surface area contributed by atoms with Gasteiger partial charge >= 0.3 is 0 Å². The van der Waals surface area contributed by atoms with Crippen molar-refractivity contribution in [3.05, 3.63) is 24.4 Å². The second-order valence-electron chi connectivity index (χ2n) is 3.43. The van der Waals surface area contributed by atoms with E-state index in [9.17, 15) is 0 Å². The lowest BCUT2D eigenvalue weighted by atomic mass is 9.69. The molecule has 0 aromatic rings. The Bertz CT molecular complexity index is 201. The molecule has 0 radical (unpaired) electrons. The Kier molecular flexibility index (Phi) is 3.27. The monoisotopic (exact) mass is 163 g/mol. The first kappa shape index (κ1) is 9.24. The summed E-state index contributed by atoms with van der Waals surface area (Å²) in [6.45, 7) is 9.68. The van der Waals surface area contributed by atoms with Crippen LogP contribution in [0.1, 0.15) is 26.2 Å². The van der Waals surface area contributed by atoms with E-state index in [1.807, 2.05) is 6.08 Å². The largest absolute Gasteiger partial charge is 0.273 e. The van der Waals surface area contributed by atoms with Crippen molar-refractivity contribution in [2.75, 3.05) is 0 Å². The van der Waals surface area contributed by atoms with Gasteiger partial charge in [-0.05, 0) is 37.5 Å². The maximum Gasteiger partial charge on any atom is 0.0263 e. The molecule has 0 aliphatic heterocycles. The summed E-state index contributed by atoms with van der Waals surface area (Å²) in [5.74, 6) is 1.58. The Morgan fingerprint density at radius 3 is 2.75 bits per heavy atom. The lowest BCUT2D eigenvalue weighted by Crippen LogP contribution is -2.25. The zero-order chi connectivity index (χ0) is 8.97. The molecule has 1 saturated carbocycles. The van der Waals surface area contributed by atoms with Crippen LogP contribution in [0.2, 0.25) is 0 Å². The highest BCUT2D eigenvalue weighted by molar-refractivity contribution is 5.28. The molecular weight excluding hydrogens is 146 g/mol. The molecule has 66 valence electrons. The van der Waals surface area contributed by atoms with Gasteiger partial charge in [0, 0.05) is 6.20 Å². The number of hydrogen-bond acceptors (Lipinski definition) is 1. The van der Waals surface area contributed by atoms with Gasteiger partial charge in [-0.2, -0.15) is 0 Å². The van der Waals surface area contributed by atoms with Gasteiger partial charge in [-0.1, -0.05) is 25.5 Å². The molecule has 0 aromatic carbocycles. The van der Waals surface area contributed by atoms with Crippen LogP contribution in [-0.4, -0.2) is 6.72 Å². The minimum atomic E-state index is 0.716. The van der Waals surface area contributed by atoms with E-state index in [0.29, 0.717) is 5.92 Å². The standard InChI is InChI=1S/C11H17N/c1-4-10-5-6-11(10)9(2)7-8-12-3/h7-8,10-11H,2-6H2,1H3. The molecule has 0 aromatic heterocycles. The number of rotatable bonds is 4. The summed E-state index contributed by atoms with van der Waals surface area (Å²) in [5, 5.41) is 0. The van der Waals surface area contributed by atoms with E-state index >= 15 is 0 Å². The van der Waals surface area contributed by atoms with Crippen LogP contribution in [0.15, 0.2) is 29.4 Å². The Balaban J connectivity index is 2.42. The van der Waals surface area contributed by atoms with E-state index in [-0.39, 0.29) is 0 Å². The summed E-state index contributed by atoms with van der Waals surface area (Å²) in [6.07, 6.45) is 7.67. The lowest BCUT2D eigenvalue weighted by molar-refractivity contribution is 0.211. The molecule has 0 saturated heterocycles. The van der Waals surface area contributed by atoms with Gasteiger partial charge in [0.15, 0.2) is 0 Å². The van der Waals surface area contributed by atoms with Crippen LogP contribution < -0.4 is 0 Å². The van der Waals surface area contributed by atoms with Crippen LogP contribution in [0.3, 0.4) is 0 Å². The Morgan fingerprint density at radius 2 is 2.33 bits per heavy atom. The van der Waals surface area contributed by atoms with Gasteiger partial charge in [-0.15, -0.1) is 0 Å². The fourth-order valence-electron chi connectivity index (χ4n) is 1.82. The Morgan fingerprint density at radius 1 is 1.58 bits per heavy atom. The third kappa shape index (κ3) is 1.84. The van der Waals surface area contributed by atoms with Crippen LogP contribution in [0.4, 0.5) is 0 Å². The predicted octanol–water partition coefficient (Wildman–Crippen LogP) is 3.19.